The first-order chi connectivity index (χ1) is 12.9. The van der Waals surface area contributed by atoms with Gasteiger partial charge in [0.1, 0.15) is 6.04 Å². The minimum atomic E-state index is -0.926. The van der Waals surface area contributed by atoms with E-state index in [4.69, 9.17) is 9.47 Å². The molecule has 0 aliphatic rings. The smallest absolute Gasteiger partial charge is 0.328 e. The first-order valence-corrected chi connectivity index (χ1v) is 8.18. The molecular weight excluding hydrogens is 350 g/mol. The zero-order valence-electron chi connectivity index (χ0n) is 15.3. The van der Waals surface area contributed by atoms with Crippen molar-refractivity contribution in [3.8, 4) is 5.88 Å². The quantitative estimate of drug-likeness (QED) is 0.716. The maximum Gasteiger partial charge on any atom is 0.328 e. The number of anilines is 1. The van der Waals surface area contributed by atoms with Crippen LogP contribution in [0.25, 0.3) is 0 Å². The number of carbonyl (C=O) groups is 3. The molecule has 2 N–H and O–H groups in total. The third kappa shape index (κ3) is 5.53. The van der Waals surface area contributed by atoms with Gasteiger partial charge in [-0.3, -0.25) is 9.59 Å². The van der Waals surface area contributed by atoms with Gasteiger partial charge in [0.2, 0.25) is 11.8 Å². The van der Waals surface area contributed by atoms with Crippen LogP contribution in [-0.4, -0.2) is 43.0 Å². The summed E-state index contributed by atoms with van der Waals surface area (Å²) < 4.78 is 9.99. The summed E-state index contributed by atoms with van der Waals surface area (Å²) in [7, 11) is 2.73. The van der Waals surface area contributed by atoms with Gasteiger partial charge in [-0.15, -0.1) is 0 Å². The Hall–Kier alpha value is -3.42. The van der Waals surface area contributed by atoms with Crippen LogP contribution in [0.4, 0.5) is 5.69 Å². The molecule has 27 heavy (non-hydrogen) atoms. The van der Waals surface area contributed by atoms with Gasteiger partial charge in [-0.1, -0.05) is 12.1 Å². The molecule has 8 nitrogen and oxygen atoms in total. The number of carbonyl (C=O) groups excluding carboxylic acids is 3. The second kappa shape index (κ2) is 9.33. The molecule has 1 aromatic heterocycles. The van der Waals surface area contributed by atoms with E-state index in [0.717, 1.165) is 0 Å². The molecule has 1 atom stereocenters. The van der Waals surface area contributed by atoms with Gasteiger partial charge in [0.15, 0.2) is 0 Å². The number of benzene rings is 1. The van der Waals surface area contributed by atoms with Gasteiger partial charge in [0, 0.05) is 36.4 Å². The average Bonchev–Trinajstić information content (AvgIpc) is 2.66. The minimum absolute atomic E-state index is 0.154. The highest BCUT2D eigenvalue weighted by molar-refractivity contribution is 5.98. The van der Waals surface area contributed by atoms with E-state index in [-0.39, 0.29) is 12.3 Å². The van der Waals surface area contributed by atoms with Gasteiger partial charge < -0.3 is 20.1 Å². The number of esters is 1. The molecule has 0 saturated heterocycles. The van der Waals surface area contributed by atoms with Gasteiger partial charge in [0.25, 0.3) is 5.91 Å². The van der Waals surface area contributed by atoms with E-state index in [1.54, 1.807) is 36.5 Å². The Morgan fingerprint density at radius 2 is 1.93 bits per heavy atom. The standard InChI is InChI=1S/C19H21N3O5/c1-12(23)21-15-8-4-6-13(10-15)17(24)22-16(19(25)27-3)11-14-7-5-9-20-18(14)26-2/h4-10,16H,11H2,1-3H3,(H,21,23)(H,22,24)/t16-/m1/s1. The van der Waals surface area contributed by atoms with Crippen molar-refractivity contribution in [1.82, 2.24) is 10.3 Å². The van der Waals surface area contributed by atoms with Crippen molar-refractivity contribution in [1.29, 1.82) is 0 Å². The average molecular weight is 371 g/mol. The van der Waals surface area contributed by atoms with E-state index in [1.807, 2.05) is 0 Å². The highest BCUT2D eigenvalue weighted by atomic mass is 16.5. The number of amides is 2. The Kier molecular flexibility index (Phi) is 6.87. The lowest BCUT2D eigenvalue weighted by Crippen LogP contribution is -2.43. The fourth-order valence-corrected chi connectivity index (χ4v) is 2.50. The highest BCUT2D eigenvalue weighted by Crippen LogP contribution is 2.17. The highest BCUT2D eigenvalue weighted by Gasteiger charge is 2.24. The maximum absolute atomic E-state index is 12.6. The van der Waals surface area contributed by atoms with Crippen LogP contribution in [0.1, 0.15) is 22.8 Å². The lowest BCUT2D eigenvalue weighted by molar-refractivity contribution is -0.142. The van der Waals surface area contributed by atoms with E-state index in [9.17, 15) is 14.4 Å². The van der Waals surface area contributed by atoms with E-state index in [0.29, 0.717) is 22.7 Å². The van der Waals surface area contributed by atoms with E-state index in [2.05, 4.69) is 15.6 Å². The first-order valence-electron chi connectivity index (χ1n) is 8.18. The molecule has 1 aromatic carbocycles. The summed E-state index contributed by atoms with van der Waals surface area (Å²) in [5, 5.41) is 5.26. The van der Waals surface area contributed by atoms with Gasteiger partial charge in [0.05, 0.1) is 14.2 Å². The van der Waals surface area contributed by atoms with Crippen molar-refractivity contribution in [2.24, 2.45) is 0 Å². The molecule has 2 rings (SSSR count). The Morgan fingerprint density at radius 1 is 1.15 bits per heavy atom. The molecule has 0 aliphatic heterocycles. The molecule has 8 heteroatoms. The number of rotatable bonds is 7. The summed E-state index contributed by atoms with van der Waals surface area (Å²) in [6.07, 6.45) is 1.72. The van der Waals surface area contributed by atoms with Crippen LogP contribution in [0.15, 0.2) is 42.6 Å². The third-order valence-corrected chi connectivity index (χ3v) is 3.70. The molecule has 0 fully saturated rings. The number of hydrogen-bond acceptors (Lipinski definition) is 6. The molecule has 0 bridgehead atoms. The summed E-state index contributed by atoms with van der Waals surface area (Å²) in [6.45, 7) is 1.38. The van der Waals surface area contributed by atoms with Crippen LogP contribution in [0, 0.1) is 0 Å². The largest absolute Gasteiger partial charge is 0.481 e. The lowest BCUT2D eigenvalue weighted by Gasteiger charge is -2.18. The molecule has 0 spiro atoms. The Morgan fingerprint density at radius 3 is 2.59 bits per heavy atom. The Bertz CT molecular complexity index is 838. The summed E-state index contributed by atoms with van der Waals surface area (Å²) in [6, 6.07) is 8.95. The van der Waals surface area contributed by atoms with Crippen LogP contribution in [-0.2, 0) is 20.7 Å². The fourth-order valence-electron chi connectivity index (χ4n) is 2.50. The number of aromatic nitrogens is 1. The second-order valence-electron chi connectivity index (χ2n) is 5.69. The molecule has 2 aromatic rings. The molecule has 142 valence electrons. The minimum Gasteiger partial charge on any atom is -0.481 e. The van der Waals surface area contributed by atoms with Crippen molar-refractivity contribution in [3.63, 3.8) is 0 Å². The van der Waals surface area contributed by atoms with Crippen LogP contribution >= 0.6 is 0 Å². The van der Waals surface area contributed by atoms with Crippen LogP contribution in [0.3, 0.4) is 0 Å². The number of methoxy groups -OCH3 is 2. The second-order valence-corrected chi connectivity index (χ2v) is 5.69. The first kappa shape index (κ1) is 19.9. The van der Waals surface area contributed by atoms with Crippen molar-refractivity contribution < 1.29 is 23.9 Å². The summed E-state index contributed by atoms with van der Waals surface area (Å²) in [4.78, 5) is 40.0. The lowest BCUT2D eigenvalue weighted by atomic mass is 10.1. The predicted molar refractivity (Wildman–Crippen MR) is 98.5 cm³/mol. The van der Waals surface area contributed by atoms with Gasteiger partial charge in [-0.05, 0) is 24.3 Å². The Labute approximate surface area is 156 Å². The van der Waals surface area contributed by atoms with Crippen molar-refractivity contribution in [3.05, 3.63) is 53.7 Å². The van der Waals surface area contributed by atoms with Crippen molar-refractivity contribution in [2.45, 2.75) is 19.4 Å². The monoisotopic (exact) mass is 371 g/mol. The van der Waals surface area contributed by atoms with Gasteiger partial charge in [-0.2, -0.15) is 0 Å². The molecule has 0 aliphatic carbocycles. The zero-order valence-corrected chi connectivity index (χ0v) is 15.3. The topological polar surface area (TPSA) is 107 Å². The van der Waals surface area contributed by atoms with Crippen LogP contribution in [0.2, 0.25) is 0 Å². The number of nitrogens with one attached hydrogen (secondary N) is 2. The van der Waals surface area contributed by atoms with Gasteiger partial charge in [-0.25, -0.2) is 9.78 Å². The molecule has 0 saturated carbocycles. The van der Waals surface area contributed by atoms with Crippen molar-refractivity contribution >= 4 is 23.5 Å². The number of hydrogen-bond donors (Lipinski definition) is 2. The normalized spacial score (nSPS) is 11.2. The number of pyridine rings is 1. The SMILES string of the molecule is COC(=O)[C@@H](Cc1cccnc1OC)NC(=O)c1cccc(NC(C)=O)c1. The Balaban J connectivity index is 2.19. The van der Waals surface area contributed by atoms with Crippen molar-refractivity contribution in [2.75, 3.05) is 19.5 Å². The molecule has 2 amide bonds. The predicted octanol–water partition coefficient (Wildman–Crippen LogP) is 1.56. The maximum atomic E-state index is 12.6. The van der Waals surface area contributed by atoms with E-state index in [1.165, 1.54) is 27.2 Å². The van der Waals surface area contributed by atoms with E-state index < -0.39 is 17.9 Å². The molecule has 1 heterocycles. The van der Waals surface area contributed by atoms with E-state index >= 15 is 0 Å². The van der Waals surface area contributed by atoms with Crippen LogP contribution < -0.4 is 15.4 Å². The summed E-state index contributed by atoms with van der Waals surface area (Å²) >= 11 is 0. The number of ether oxygens (including phenoxy) is 2. The fraction of sp³-hybridized carbons (Fsp3) is 0.263. The summed E-state index contributed by atoms with van der Waals surface area (Å²) in [5.41, 5.74) is 1.44. The third-order valence-electron chi connectivity index (χ3n) is 3.70. The summed E-state index contributed by atoms with van der Waals surface area (Å²) in [5.74, 6) is -0.940. The molecule has 0 unspecified atom stereocenters. The van der Waals surface area contributed by atoms with Gasteiger partial charge >= 0.3 is 5.97 Å². The number of nitrogens with zero attached hydrogens (tertiary/aromatic N) is 1. The zero-order chi connectivity index (χ0) is 19.8. The van der Waals surface area contributed by atoms with Crippen LogP contribution in [0.5, 0.6) is 5.88 Å². The molecular formula is C19H21N3O5. The molecule has 0 radical (unpaired) electrons.